The molecule has 1 saturated heterocycles. The van der Waals surface area contributed by atoms with E-state index in [1.807, 2.05) is 12.4 Å². The molecule has 4 aromatic rings. The number of ether oxygens (including phenoxy) is 4. The van der Waals surface area contributed by atoms with Crippen LogP contribution < -0.4 is 0 Å². The van der Waals surface area contributed by atoms with Crippen LogP contribution in [0.15, 0.2) is 85.3 Å². The molecule has 0 amide bonds. The number of aromatic nitrogens is 2. The van der Waals surface area contributed by atoms with Crippen LogP contribution in [0.3, 0.4) is 0 Å². The molecule has 0 spiro atoms. The number of hydrogen-bond acceptors (Lipinski definition) is 9. The molecular formula is C60H98N6O4. The summed E-state index contributed by atoms with van der Waals surface area (Å²) in [6.45, 7) is 30.0. The Morgan fingerprint density at radius 1 is 0.486 bits per heavy atom. The first kappa shape index (κ1) is 57.7. The predicted molar refractivity (Wildman–Crippen MR) is 293 cm³/mol. The number of hydrogen-bond donors (Lipinski definition) is 0. The molecule has 0 saturated carbocycles. The minimum atomic E-state index is 0.00523. The maximum absolute atomic E-state index is 7.20. The number of rotatable bonds is 14. The Balaban J connectivity index is 1.40. The quantitative estimate of drug-likeness (QED) is 0.123. The average Bonchev–Trinajstić information content (AvgIpc) is 3.71. The van der Waals surface area contributed by atoms with Crippen LogP contribution in [0, 0.1) is 23.7 Å². The van der Waals surface area contributed by atoms with Crippen molar-refractivity contribution in [1.29, 1.82) is 0 Å². The molecule has 2 aromatic carbocycles. The second-order valence-corrected chi connectivity index (χ2v) is 23.2. The third-order valence-corrected chi connectivity index (χ3v) is 14.5. The van der Waals surface area contributed by atoms with Crippen LogP contribution in [-0.4, -0.2) is 159 Å². The minimum Gasteiger partial charge on any atom is -0.376 e. The monoisotopic (exact) mass is 967 g/mol. The van der Waals surface area contributed by atoms with Crippen LogP contribution in [0.5, 0.6) is 0 Å². The van der Waals surface area contributed by atoms with Crippen LogP contribution >= 0.6 is 0 Å². The number of likely N-dealkylation sites (N-methyl/N-ethyl adjacent to an activating group) is 4. The maximum atomic E-state index is 7.20. The average molecular weight is 967 g/mol. The molecule has 5 rings (SSSR count). The fraction of sp³-hybridized carbons (Fsp3) is 0.683. The van der Waals surface area contributed by atoms with E-state index in [-0.39, 0.29) is 48.6 Å². The highest BCUT2D eigenvalue weighted by molar-refractivity contribution is 5.78. The Morgan fingerprint density at radius 3 is 1.33 bits per heavy atom. The molecule has 2 aromatic heterocycles. The van der Waals surface area contributed by atoms with Crippen molar-refractivity contribution in [3.8, 4) is 0 Å². The van der Waals surface area contributed by atoms with Gasteiger partial charge < -0.3 is 23.5 Å². The fourth-order valence-corrected chi connectivity index (χ4v) is 10.5. The first-order valence-electron chi connectivity index (χ1n) is 27.2. The molecule has 10 nitrogen and oxygen atoms in total. The summed E-state index contributed by atoms with van der Waals surface area (Å²) >= 11 is 0. The zero-order chi connectivity index (χ0) is 50.7. The first-order valence-corrected chi connectivity index (χ1v) is 27.2. The van der Waals surface area contributed by atoms with Crippen molar-refractivity contribution in [1.82, 2.24) is 29.2 Å². The Labute approximate surface area is 426 Å². The van der Waals surface area contributed by atoms with E-state index in [2.05, 4.69) is 200 Å². The van der Waals surface area contributed by atoms with E-state index in [0.29, 0.717) is 50.1 Å². The van der Waals surface area contributed by atoms with E-state index < -0.39 is 0 Å². The van der Waals surface area contributed by atoms with Crippen LogP contribution in [0.2, 0.25) is 0 Å². The molecule has 0 aliphatic carbocycles. The molecule has 0 bridgehead atoms. The highest BCUT2D eigenvalue weighted by Crippen LogP contribution is 2.23. The number of benzene rings is 2. The molecule has 1 aliphatic heterocycles. The molecule has 392 valence electrons. The molecule has 10 heteroatoms. The lowest BCUT2D eigenvalue weighted by Gasteiger charge is -2.37. The van der Waals surface area contributed by atoms with Gasteiger partial charge in [-0.2, -0.15) is 0 Å². The number of fused-ring (bicyclic) bond motifs is 1. The van der Waals surface area contributed by atoms with Crippen LogP contribution in [-0.2, 0) is 38.3 Å². The van der Waals surface area contributed by atoms with Gasteiger partial charge in [0.25, 0.3) is 0 Å². The molecule has 0 unspecified atom stereocenters. The van der Waals surface area contributed by atoms with Crippen LogP contribution in [0.1, 0.15) is 112 Å². The summed E-state index contributed by atoms with van der Waals surface area (Å²) in [7, 11) is 9.11. The summed E-state index contributed by atoms with van der Waals surface area (Å²) in [5.41, 5.74) is 5.05. The minimum absolute atomic E-state index is 0.00523. The van der Waals surface area contributed by atoms with Crippen molar-refractivity contribution in [3.05, 3.63) is 102 Å². The first-order chi connectivity index (χ1) is 33.4. The van der Waals surface area contributed by atoms with Gasteiger partial charge >= 0.3 is 0 Å². The summed E-state index contributed by atoms with van der Waals surface area (Å²) in [5.74, 6) is 2.16. The van der Waals surface area contributed by atoms with Gasteiger partial charge in [-0.1, -0.05) is 110 Å². The topological polar surface area (TPSA) is 67.7 Å². The third-order valence-electron chi connectivity index (χ3n) is 14.5. The third kappa shape index (κ3) is 20.0. The highest BCUT2D eigenvalue weighted by Gasteiger charge is 2.29. The Morgan fingerprint density at radius 2 is 0.886 bits per heavy atom. The predicted octanol–water partition coefficient (Wildman–Crippen LogP) is 10.8. The second-order valence-electron chi connectivity index (χ2n) is 23.2. The van der Waals surface area contributed by atoms with E-state index in [0.717, 1.165) is 76.8 Å². The molecule has 1 aliphatic rings. The molecule has 0 radical (unpaired) electrons. The van der Waals surface area contributed by atoms with E-state index in [9.17, 15) is 0 Å². The van der Waals surface area contributed by atoms with E-state index in [1.165, 1.54) is 22.1 Å². The molecular weight excluding hydrogens is 869 g/mol. The second kappa shape index (κ2) is 29.5. The van der Waals surface area contributed by atoms with E-state index in [1.54, 1.807) is 0 Å². The van der Waals surface area contributed by atoms with Crippen molar-refractivity contribution >= 4 is 10.9 Å². The van der Waals surface area contributed by atoms with Crippen molar-refractivity contribution in [3.63, 3.8) is 0 Å². The molecule has 8 atom stereocenters. The van der Waals surface area contributed by atoms with Crippen LogP contribution in [0.4, 0.5) is 0 Å². The largest absolute Gasteiger partial charge is 0.376 e. The molecule has 70 heavy (non-hydrogen) atoms. The molecule has 0 N–H and O–H groups in total. The summed E-state index contributed by atoms with van der Waals surface area (Å²) in [4.78, 5) is 14.4. The zero-order valence-corrected chi connectivity index (χ0v) is 46.4. The lowest BCUT2D eigenvalue weighted by Crippen LogP contribution is -2.47. The van der Waals surface area contributed by atoms with Gasteiger partial charge in [0.15, 0.2) is 0 Å². The normalized spacial score (nSPS) is 26.1. The van der Waals surface area contributed by atoms with Crippen molar-refractivity contribution in [2.24, 2.45) is 23.7 Å². The van der Waals surface area contributed by atoms with Gasteiger partial charge in [-0.25, -0.2) is 0 Å². The standard InChI is InChI=1S/C60H98N6O4/c1-44(2)28-54-40-67-49(10)36-63(12)57(31-47(7)8)43-70-59(33-51-20-22-52(23-21-51)37-66-27-25-53-24-26-61-34-60(53)66)39-65(14)55(29-45(3)4)41-68-48(9)35-62(11)56(30-46(5)6)42-69-58(38-64(54)13)32-50-18-16-15-17-19-50/h15-27,34,44-49,54-59H,28-33,35-43H2,1-14H3/t48-,49-,54+,55+,56+,57+,58-,59-/m1/s1. The van der Waals surface area contributed by atoms with Crippen molar-refractivity contribution in [2.45, 2.75) is 163 Å². The van der Waals surface area contributed by atoms with Gasteiger partial charge in [0.1, 0.15) is 0 Å². The molecule has 3 heterocycles. The maximum Gasteiger partial charge on any atom is 0.0743 e. The lowest BCUT2D eigenvalue weighted by molar-refractivity contribution is -0.0536. The Kier molecular flexibility index (Phi) is 24.3. The number of pyridine rings is 1. The Hall–Kier alpha value is -3.19. The van der Waals surface area contributed by atoms with Gasteiger partial charge in [0, 0.05) is 74.7 Å². The van der Waals surface area contributed by atoms with Gasteiger partial charge in [-0.05, 0) is 133 Å². The Bertz CT molecular complexity index is 1990. The highest BCUT2D eigenvalue weighted by atomic mass is 16.5. The number of nitrogens with zero attached hydrogens (tertiary/aromatic N) is 6. The van der Waals surface area contributed by atoms with E-state index >= 15 is 0 Å². The van der Waals surface area contributed by atoms with Gasteiger partial charge in [-0.3, -0.25) is 24.6 Å². The van der Waals surface area contributed by atoms with Crippen molar-refractivity contribution < 1.29 is 18.9 Å². The van der Waals surface area contributed by atoms with Gasteiger partial charge in [0.05, 0.1) is 62.6 Å². The smallest absolute Gasteiger partial charge is 0.0743 e. The fourth-order valence-electron chi connectivity index (χ4n) is 10.5. The lowest BCUT2D eigenvalue weighted by atomic mass is 10.0. The van der Waals surface area contributed by atoms with Crippen LogP contribution in [0.25, 0.3) is 10.9 Å². The van der Waals surface area contributed by atoms with Gasteiger partial charge in [-0.15, -0.1) is 0 Å². The van der Waals surface area contributed by atoms with E-state index in [4.69, 9.17) is 18.9 Å². The van der Waals surface area contributed by atoms with Crippen molar-refractivity contribution in [2.75, 3.05) is 80.8 Å². The molecule has 1 fully saturated rings. The summed E-state index contributed by atoms with van der Waals surface area (Å²) in [5, 5.41) is 1.22. The summed E-state index contributed by atoms with van der Waals surface area (Å²) < 4.78 is 30.3. The zero-order valence-electron chi connectivity index (χ0n) is 46.4. The van der Waals surface area contributed by atoms with Gasteiger partial charge in [0.2, 0.25) is 0 Å². The SMILES string of the molecule is CC(C)C[C@H]1CO[C@H](C)CN(C)[C@@H](CC(C)C)CO[C@H](Cc2ccccc2)CN(C)[C@@H](CC(C)C)CO[C@H](C)CN(C)[C@@H](CC(C)C)CO[C@H](Cc2ccc(Cn3ccc4ccncc43)cc2)CN1C. The summed E-state index contributed by atoms with van der Waals surface area (Å²) in [6, 6.07) is 25.4. The summed E-state index contributed by atoms with van der Waals surface area (Å²) in [6.07, 6.45) is 12.1.